The maximum atomic E-state index is 13.6. The van der Waals surface area contributed by atoms with Crippen LogP contribution in [0.1, 0.15) is 64.7 Å². The van der Waals surface area contributed by atoms with Gasteiger partial charge < -0.3 is 9.64 Å². The van der Waals surface area contributed by atoms with Crippen LogP contribution in [0.4, 0.5) is 0 Å². The number of benzene rings is 1. The third kappa shape index (κ3) is 8.30. The number of fused-ring (bicyclic) bond motifs is 1. The third-order valence-electron chi connectivity index (χ3n) is 5.63. The molecule has 1 atom stereocenters. The molecule has 0 radical (unpaired) electrons. The highest BCUT2D eigenvalue weighted by atomic mass is 16.5. The van der Waals surface area contributed by atoms with Crippen LogP contribution in [-0.2, 0) is 27.4 Å². The lowest BCUT2D eigenvalue weighted by molar-refractivity contribution is -0.157. The minimum absolute atomic E-state index is 0.155. The Balaban J connectivity index is 2.22. The second-order valence-electron chi connectivity index (χ2n) is 9.89. The third-order valence-corrected chi connectivity index (χ3v) is 5.63. The van der Waals surface area contributed by atoms with E-state index in [4.69, 9.17) is 4.74 Å². The van der Waals surface area contributed by atoms with E-state index in [1.54, 1.807) is 7.05 Å². The van der Waals surface area contributed by atoms with Gasteiger partial charge in [-0.25, -0.2) is 0 Å². The molecule has 0 saturated carbocycles. The molecule has 1 aliphatic rings. The van der Waals surface area contributed by atoms with Gasteiger partial charge in [0.05, 0.1) is 0 Å². The Kier molecular flexibility index (Phi) is 10.1. The molecule has 1 amide bonds. The van der Waals surface area contributed by atoms with Crippen LogP contribution < -0.4 is 0 Å². The van der Waals surface area contributed by atoms with Gasteiger partial charge in [-0.3, -0.25) is 14.6 Å². The Labute approximate surface area is 199 Å². The summed E-state index contributed by atoms with van der Waals surface area (Å²) in [6.45, 7) is 13.6. The van der Waals surface area contributed by atoms with Crippen LogP contribution in [0.25, 0.3) is 6.08 Å². The SMILES string of the molecule is CN=C(C)/C=C(\C)CC(C(=O)OCc1ccc2c(c1)C=CC2)C(=O)N(CC(C)C)CC(C)C. The number of rotatable bonds is 11. The zero-order valence-corrected chi connectivity index (χ0v) is 21.4. The van der Waals surface area contributed by atoms with Crippen molar-refractivity contribution in [2.24, 2.45) is 22.7 Å². The number of hydrogen-bond acceptors (Lipinski definition) is 4. The zero-order valence-electron chi connectivity index (χ0n) is 21.4. The van der Waals surface area contributed by atoms with Crippen molar-refractivity contribution in [3.05, 3.63) is 52.6 Å². The highest BCUT2D eigenvalue weighted by Crippen LogP contribution is 2.23. The lowest BCUT2D eigenvalue weighted by Gasteiger charge is -2.29. The largest absolute Gasteiger partial charge is 0.460 e. The van der Waals surface area contributed by atoms with E-state index in [1.165, 1.54) is 11.1 Å². The van der Waals surface area contributed by atoms with Crippen molar-refractivity contribution in [1.29, 1.82) is 0 Å². The molecule has 1 aromatic carbocycles. The van der Waals surface area contributed by atoms with Crippen molar-refractivity contribution in [1.82, 2.24) is 4.90 Å². The Morgan fingerprint density at radius 1 is 1.12 bits per heavy atom. The number of ether oxygens (including phenoxy) is 1. The molecule has 0 aliphatic heterocycles. The molecule has 1 unspecified atom stereocenters. The lowest BCUT2D eigenvalue weighted by atomic mass is 9.96. The molecule has 1 aromatic rings. The van der Waals surface area contributed by atoms with Crippen molar-refractivity contribution >= 4 is 23.7 Å². The molecule has 2 rings (SSSR count). The van der Waals surface area contributed by atoms with E-state index >= 15 is 0 Å². The second kappa shape index (κ2) is 12.5. The van der Waals surface area contributed by atoms with Crippen LogP contribution in [0.3, 0.4) is 0 Å². The maximum absolute atomic E-state index is 13.6. The fraction of sp³-hybridized carbons (Fsp3) is 0.536. The lowest BCUT2D eigenvalue weighted by Crippen LogP contribution is -2.43. The predicted molar refractivity (Wildman–Crippen MR) is 136 cm³/mol. The summed E-state index contributed by atoms with van der Waals surface area (Å²) in [6, 6.07) is 6.12. The van der Waals surface area contributed by atoms with E-state index in [0.717, 1.165) is 23.3 Å². The van der Waals surface area contributed by atoms with Gasteiger partial charge in [-0.15, -0.1) is 0 Å². The molecule has 0 spiro atoms. The first-order chi connectivity index (χ1) is 15.6. The molecule has 0 bridgehead atoms. The molecule has 0 fully saturated rings. The Bertz CT molecular complexity index is 915. The smallest absolute Gasteiger partial charge is 0.319 e. The molecule has 5 nitrogen and oxygen atoms in total. The number of nitrogens with zero attached hydrogens (tertiary/aromatic N) is 2. The minimum atomic E-state index is -0.863. The second-order valence-corrected chi connectivity index (χ2v) is 9.89. The first-order valence-corrected chi connectivity index (χ1v) is 11.9. The minimum Gasteiger partial charge on any atom is -0.460 e. The number of esters is 1. The van der Waals surface area contributed by atoms with Gasteiger partial charge in [-0.2, -0.15) is 0 Å². The fourth-order valence-electron chi connectivity index (χ4n) is 4.07. The Hall–Kier alpha value is -2.69. The van der Waals surface area contributed by atoms with Gasteiger partial charge in [-0.1, -0.05) is 57.6 Å². The zero-order chi connectivity index (χ0) is 24.5. The van der Waals surface area contributed by atoms with Crippen LogP contribution >= 0.6 is 0 Å². The van der Waals surface area contributed by atoms with Crippen molar-refractivity contribution in [3.63, 3.8) is 0 Å². The van der Waals surface area contributed by atoms with Crippen LogP contribution in [0, 0.1) is 17.8 Å². The normalized spacial score (nSPS) is 14.6. The van der Waals surface area contributed by atoms with Gasteiger partial charge in [-0.05, 0) is 67.4 Å². The number of hydrogen-bond donors (Lipinski definition) is 0. The molecule has 5 heteroatoms. The summed E-state index contributed by atoms with van der Waals surface area (Å²) in [5.41, 5.74) is 5.18. The summed E-state index contributed by atoms with van der Waals surface area (Å²) in [5, 5.41) is 0. The summed E-state index contributed by atoms with van der Waals surface area (Å²) in [6.07, 6.45) is 7.41. The number of carbonyl (C=O) groups excluding carboxylic acids is 2. The first-order valence-electron chi connectivity index (χ1n) is 11.9. The van der Waals surface area contributed by atoms with E-state index in [1.807, 2.05) is 30.9 Å². The maximum Gasteiger partial charge on any atom is 0.319 e. The number of carbonyl (C=O) groups is 2. The highest BCUT2D eigenvalue weighted by molar-refractivity contribution is 5.98. The van der Waals surface area contributed by atoms with Crippen molar-refractivity contribution < 1.29 is 14.3 Å². The van der Waals surface area contributed by atoms with Crippen LogP contribution in [0.2, 0.25) is 0 Å². The van der Waals surface area contributed by atoms with Gasteiger partial charge in [0.2, 0.25) is 5.91 Å². The number of aliphatic imine (C=N–C) groups is 1. The Morgan fingerprint density at radius 3 is 2.39 bits per heavy atom. The quantitative estimate of drug-likeness (QED) is 0.254. The summed E-state index contributed by atoms with van der Waals surface area (Å²) in [5.74, 6) is -0.854. The standard InChI is InChI=1S/C28H40N2O3/c1-19(2)16-30(17-20(3)4)27(31)26(14-21(5)13-22(6)29-7)28(32)33-18-23-11-12-24-9-8-10-25(24)15-23/h8,10-13,15,19-20,26H,9,14,16-18H2,1-7H3/b21-13+,29-22?. The van der Waals surface area contributed by atoms with E-state index < -0.39 is 11.9 Å². The van der Waals surface area contributed by atoms with Crippen molar-refractivity contribution in [2.75, 3.05) is 20.1 Å². The topological polar surface area (TPSA) is 59.0 Å². The van der Waals surface area contributed by atoms with Crippen molar-refractivity contribution in [2.45, 2.75) is 61.0 Å². The summed E-state index contributed by atoms with van der Waals surface area (Å²) in [4.78, 5) is 32.8. The van der Waals surface area contributed by atoms with E-state index in [0.29, 0.717) is 31.3 Å². The van der Waals surface area contributed by atoms with Gasteiger partial charge in [0.25, 0.3) is 0 Å². The van der Waals surface area contributed by atoms with Gasteiger partial charge in [0.15, 0.2) is 0 Å². The molecule has 0 N–H and O–H groups in total. The van der Waals surface area contributed by atoms with E-state index in [9.17, 15) is 9.59 Å². The Morgan fingerprint density at radius 2 is 1.79 bits per heavy atom. The number of allylic oxidation sites excluding steroid dienone is 3. The van der Waals surface area contributed by atoms with Crippen LogP contribution in [-0.4, -0.2) is 42.6 Å². The molecule has 33 heavy (non-hydrogen) atoms. The first kappa shape index (κ1) is 26.6. The van der Waals surface area contributed by atoms with E-state index in [2.05, 4.69) is 57.0 Å². The summed E-state index contributed by atoms with van der Waals surface area (Å²) < 4.78 is 5.70. The molecule has 1 aliphatic carbocycles. The molecule has 0 saturated heterocycles. The molecule has 0 heterocycles. The molecular formula is C28H40N2O3. The molecule has 180 valence electrons. The molecular weight excluding hydrogens is 412 g/mol. The molecule has 0 aromatic heterocycles. The van der Waals surface area contributed by atoms with Gasteiger partial charge >= 0.3 is 5.97 Å². The summed E-state index contributed by atoms with van der Waals surface area (Å²) in [7, 11) is 1.73. The predicted octanol–water partition coefficient (Wildman–Crippen LogP) is 5.48. The van der Waals surface area contributed by atoms with Crippen LogP contribution in [0.5, 0.6) is 0 Å². The van der Waals surface area contributed by atoms with Crippen LogP contribution in [0.15, 0.2) is 40.9 Å². The van der Waals surface area contributed by atoms with Gasteiger partial charge in [0, 0.05) is 25.8 Å². The summed E-state index contributed by atoms with van der Waals surface area (Å²) >= 11 is 0. The average molecular weight is 453 g/mol. The van der Waals surface area contributed by atoms with Gasteiger partial charge in [0.1, 0.15) is 12.5 Å². The highest BCUT2D eigenvalue weighted by Gasteiger charge is 2.33. The van der Waals surface area contributed by atoms with Crippen molar-refractivity contribution in [3.8, 4) is 0 Å². The number of amides is 1. The average Bonchev–Trinajstić information content (AvgIpc) is 3.22. The van der Waals surface area contributed by atoms with E-state index in [-0.39, 0.29) is 12.5 Å². The fourth-order valence-corrected chi connectivity index (χ4v) is 4.07. The monoisotopic (exact) mass is 452 g/mol.